The molecule has 164 valence electrons. The molecule has 0 spiro atoms. The SMILES string of the molecule is CCCc1c2c(c(OCC)c3ccccc13)C(=O)N(c1ccc(CC(=O)O)cc1F)C2=O. The van der Waals surface area contributed by atoms with Gasteiger partial charge in [-0.1, -0.05) is 43.7 Å². The second-order valence-corrected chi connectivity index (χ2v) is 7.59. The van der Waals surface area contributed by atoms with Gasteiger partial charge in [-0.3, -0.25) is 14.4 Å². The summed E-state index contributed by atoms with van der Waals surface area (Å²) in [5.74, 6) is -2.87. The highest BCUT2D eigenvalue weighted by atomic mass is 19.1. The average molecular weight is 435 g/mol. The molecule has 32 heavy (non-hydrogen) atoms. The van der Waals surface area contributed by atoms with E-state index in [1.165, 1.54) is 12.1 Å². The van der Waals surface area contributed by atoms with E-state index in [0.717, 1.165) is 33.7 Å². The van der Waals surface area contributed by atoms with Crippen LogP contribution in [-0.2, 0) is 17.6 Å². The zero-order chi connectivity index (χ0) is 23.0. The minimum atomic E-state index is -1.10. The van der Waals surface area contributed by atoms with Crippen LogP contribution >= 0.6 is 0 Å². The molecule has 1 aliphatic rings. The topological polar surface area (TPSA) is 83.9 Å². The van der Waals surface area contributed by atoms with Gasteiger partial charge in [0.25, 0.3) is 11.8 Å². The van der Waals surface area contributed by atoms with Crippen molar-refractivity contribution in [1.29, 1.82) is 0 Å². The lowest BCUT2D eigenvalue weighted by Crippen LogP contribution is -2.30. The van der Waals surface area contributed by atoms with Gasteiger partial charge in [0.05, 0.1) is 29.8 Å². The highest BCUT2D eigenvalue weighted by Crippen LogP contribution is 2.43. The van der Waals surface area contributed by atoms with E-state index in [1.54, 1.807) is 6.92 Å². The molecule has 0 bridgehead atoms. The number of anilines is 1. The number of aliphatic carboxylic acids is 1. The third-order valence-corrected chi connectivity index (χ3v) is 5.51. The number of aryl methyl sites for hydroxylation is 1. The van der Waals surface area contributed by atoms with E-state index in [-0.39, 0.29) is 28.8 Å². The molecule has 2 amide bonds. The van der Waals surface area contributed by atoms with Gasteiger partial charge in [-0.25, -0.2) is 9.29 Å². The summed E-state index contributed by atoms with van der Waals surface area (Å²) in [6, 6.07) is 11.2. The van der Waals surface area contributed by atoms with Crippen LogP contribution in [0.1, 0.15) is 52.1 Å². The molecule has 1 aliphatic heterocycles. The van der Waals surface area contributed by atoms with Gasteiger partial charge in [-0.15, -0.1) is 0 Å². The Morgan fingerprint density at radius 1 is 1.03 bits per heavy atom. The summed E-state index contributed by atoms with van der Waals surface area (Å²) in [6.45, 7) is 4.07. The Labute approximate surface area is 184 Å². The van der Waals surface area contributed by atoms with Gasteiger partial charge in [0, 0.05) is 5.39 Å². The second kappa shape index (κ2) is 8.42. The summed E-state index contributed by atoms with van der Waals surface area (Å²) >= 11 is 0. The first-order valence-electron chi connectivity index (χ1n) is 10.5. The Morgan fingerprint density at radius 3 is 2.34 bits per heavy atom. The Morgan fingerprint density at radius 2 is 1.72 bits per heavy atom. The Bertz CT molecular complexity index is 1200. The maximum absolute atomic E-state index is 14.9. The van der Waals surface area contributed by atoms with Gasteiger partial charge >= 0.3 is 5.97 Å². The molecule has 0 aliphatic carbocycles. The van der Waals surface area contributed by atoms with Crippen LogP contribution in [0.2, 0.25) is 0 Å². The zero-order valence-electron chi connectivity index (χ0n) is 17.8. The van der Waals surface area contributed by atoms with Crippen molar-refractivity contribution in [2.75, 3.05) is 11.5 Å². The number of amides is 2. The van der Waals surface area contributed by atoms with Crippen LogP contribution in [0.3, 0.4) is 0 Å². The fraction of sp³-hybridized carbons (Fsp3) is 0.240. The largest absolute Gasteiger partial charge is 0.492 e. The van der Waals surface area contributed by atoms with E-state index < -0.39 is 23.6 Å². The lowest BCUT2D eigenvalue weighted by molar-refractivity contribution is -0.136. The fourth-order valence-electron chi connectivity index (χ4n) is 4.27. The molecule has 1 heterocycles. The van der Waals surface area contributed by atoms with Gasteiger partial charge in [0.2, 0.25) is 0 Å². The number of carboxylic acids is 1. The van der Waals surface area contributed by atoms with Crippen molar-refractivity contribution in [2.45, 2.75) is 33.1 Å². The molecule has 7 heteroatoms. The number of carbonyl (C=O) groups is 3. The zero-order valence-corrected chi connectivity index (χ0v) is 17.8. The molecule has 3 aromatic carbocycles. The van der Waals surface area contributed by atoms with Crippen LogP contribution in [0.5, 0.6) is 5.75 Å². The Hall–Kier alpha value is -3.74. The van der Waals surface area contributed by atoms with Crippen LogP contribution in [0.4, 0.5) is 10.1 Å². The quantitative estimate of drug-likeness (QED) is 0.541. The maximum Gasteiger partial charge on any atom is 0.307 e. The predicted octanol–water partition coefficient (Wildman–Crippen LogP) is 4.76. The lowest BCUT2D eigenvalue weighted by Gasteiger charge is -2.15. The predicted molar refractivity (Wildman–Crippen MR) is 118 cm³/mol. The highest BCUT2D eigenvalue weighted by Gasteiger charge is 2.43. The molecule has 3 aromatic rings. The molecule has 0 saturated heterocycles. The summed E-state index contributed by atoms with van der Waals surface area (Å²) in [4.78, 5) is 38.7. The number of nitrogens with zero attached hydrogens (tertiary/aromatic N) is 1. The van der Waals surface area contributed by atoms with Crippen LogP contribution < -0.4 is 9.64 Å². The van der Waals surface area contributed by atoms with Crippen LogP contribution in [0.25, 0.3) is 10.8 Å². The van der Waals surface area contributed by atoms with Gasteiger partial charge < -0.3 is 9.84 Å². The standard InChI is InChI=1S/C25H22FNO5/c1-3-7-16-15-8-5-6-9-17(15)23(32-4-2)22-21(16)24(30)27(25(22)31)19-11-10-14(12-18(19)26)13-20(28)29/h5-6,8-12H,3-4,7,13H2,1-2H3,(H,28,29). The molecular formula is C25H22FNO5. The number of hydrogen-bond acceptors (Lipinski definition) is 4. The van der Waals surface area contributed by atoms with Crippen molar-refractivity contribution in [3.05, 3.63) is 70.5 Å². The number of halogens is 1. The van der Waals surface area contributed by atoms with Crippen molar-refractivity contribution in [1.82, 2.24) is 0 Å². The smallest absolute Gasteiger partial charge is 0.307 e. The van der Waals surface area contributed by atoms with Crippen molar-refractivity contribution in [3.63, 3.8) is 0 Å². The van der Waals surface area contributed by atoms with E-state index in [1.807, 2.05) is 31.2 Å². The van der Waals surface area contributed by atoms with Gasteiger partial charge in [-0.05, 0) is 42.0 Å². The second-order valence-electron chi connectivity index (χ2n) is 7.59. The number of carbonyl (C=O) groups excluding carboxylic acids is 2. The monoisotopic (exact) mass is 435 g/mol. The van der Waals surface area contributed by atoms with Crippen molar-refractivity contribution in [2.24, 2.45) is 0 Å². The number of benzene rings is 3. The lowest BCUT2D eigenvalue weighted by atomic mass is 9.91. The first-order valence-corrected chi connectivity index (χ1v) is 10.5. The normalized spacial score (nSPS) is 13.0. The summed E-state index contributed by atoms with van der Waals surface area (Å²) in [7, 11) is 0. The van der Waals surface area contributed by atoms with Gasteiger partial charge in [-0.2, -0.15) is 0 Å². The van der Waals surface area contributed by atoms with E-state index in [9.17, 15) is 18.8 Å². The third-order valence-electron chi connectivity index (χ3n) is 5.51. The first-order chi connectivity index (χ1) is 15.4. The summed E-state index contributed by atoms with van der Waals surface area (Å²) in [5, 5.41) is 10.5. The first kappa shape index (κ1) is 21.5. The molecule has 0 unspecified atom stereocenters. The minimum Gasteiger partial charge on any atom is -0.492 e. The summed E-state index contributed by atoms with van der Waals surface area (Å²) < 4.78 is 20.8. The number of hydrogen-bond donors (Lipinski definition) is 1. The van der Waals surface area contributed by atoms with E-state index >= 15 is 0 Å². The average Bonchev–Trinajstić information content (AvgIpc) is 3.01. The van der Waals surface area contributed by atoms with Gasteiger partial charge in [0.1, 0.15) is 11.6 Å². The summed E-state index contributed by atoms with van der Waals surface area (Å²) in [5.41, 5.74) is 1.16. The Balaban J connectivity index is 1.94. The number of carboxylic acid groups (broad SMARTS) is 1. The molecule has 1 N–H and O–H groups in total. The third kappa shape index (κ3) is 3.39. The molecule has 4 rings (SSSR count). The minimum absolute atomic E-state index is 0.146. The number of imide groups is 1. The fourth-order valence-corrected chi connectivity index (χ4v) is 4.27. The van der Waals surface area contributed by atoms with E-state index in [4.69, 9.17) is 9.84 Å². The molecule has 0 radical (unpaired) electrons. The van der Waals surface area contributed by atoms with Crippen LogP contribution in [-0.4, -0.2) is 29.5 Å². The molecule has 6 nitrogen and oxygen atoms in total. The van der Waals surface area contributed by atoms with Crippen LogP contribution in [0.15, 0.2) is 42.5 Å². The van der Waals surface area contributed by atoms with Crippen molar-refractivity contribution < 1.29 is 28.6 Å². The molecule has 0 saturated carbocycles. The Kier molecular flexibility index (Phi) is 5.65. The summed E-state index contributed by atoms with van der Waals surface area (Å²) in [6.07, 6.45) is 0.964. The van der Waals surface area contributed by atoms with Crippen molar-refractivity contribution >= 4 is 34.2 Å². The molecule has 0 atom stereocenters. The highest BCUT2D eigenvalue weighted by molar-refractivity contribution is 6.37. The maximum atomic E-state index is 14.9. The molecule has 0 aromatic heterocycles. The van der Waals surface area contributed by atoms with E-state index in [0.29, 0.717) is 18.8 Å². The van der Waals surface area contributed by atoms with E-state index in [2.05, 4.69) is 0 Å². The molecule has 0 fully saturated rings. The van der Waals surface area contributed by atoms with Crippen molar-refractivity contribution in [3.8, 4) is 5.75 Å². The molecular weight excluding hydrogens is 413 g/mol. The number of ether oxygens (including phenoxy) is 1. The number of fused-ring (bicyclic) bond motifs is 2. The number of rotatable bonds is 7. The van der Waals surface area contributed by atoms with Gasteiger partial charge in [0.15, 0.2) is 0 Å². The van der Waals surface area contributed by atoms with Crippen LogP contribution in [0, 0.1) is 5.82 Å².